The van der Waals surface area contributed by atoms with Crippen LogP contribution in [0.1, 0.15) is 24.8 Å². The van der Waals surface area contributed by atoms with Gasteiger partial charge in [0.15, 0.2) is 0 Å². The number of nitrogens with zero attached hydrogens (tertiary/aromatic N) is 1. The molecular formula is C14H21N3O. The number of piperidine rings is 1. The fraction of sp³-hybridized carbons (Fsp3) is 0.500. The van der Waals surface area contributed by atoms with Gasteiger partial charge in [0.1, 0.15) is 0 Å². The molecule has 2 rings (SSSR count). The van der Waals surface area contributed by atoms with Gasteiger partial charge in [0.05, 0.1) is 0 Å². The van der Waals surface area contributed by atoms with Gasteiger partial charge in [-0.05, 0) is 36.5 Å². The number of nitrogens with two attached hydrogens (primary N) is 2. The van der Waals surface area contributed by atoms with Crippen LogP contribution in [0.3, 0.4) is 0 Å². The zero-order valence-electron chi connectivity index (χ0n) is 10.6. The molecule has 1 aliphatic rings. The molecule has 4 heteroatoms. The molecular weight excluding hydrogens is 226 g/mol. The molecule has 1 aromatic carbocycles. The molecule has 0 atom stereocenters. The second-order valence-electron chi connectivity index (χ2n) is 4.97. The van der Waals surface area contributed by atoms with Gasteiger partial charge in [0.25, 0.3) is 0 Å². The summed E-state index contributed by atoms with van der Waals surface area (Å²) >= 11 is 0. The van der Waals surface area contributed by atoms with Gasteiger partial charge in [-0.25, -0.2) is 0 Å². The fourth-order valence-electron chi connectivity index (χ4n) is 2.56. The van der Waals surface area contributed by atoms with Crippen LogP contribution in [0.4, 0.5) is 5.69 Å². The monoisotopic (exact) mass is 247 g/mol. The van der Waals surface area contributed by atoms with Crippen LogP contribution in [0.5, 0.6) is 0 Å². The van der Waals surface area contributed by atoms with Crippen molar-refractivity contribution in [2.45, 2.75) is 25.8 Å². The molecule has 1 saturated heterocycles. The summed E-state index contributed by atoms with van der Waals surface area (Å²) in [5, 5.41) is 0. The summed E-state index contributed by atoms with van der Waals surface area (Å²) < 4.78 is 0. The number of hydrogen-bond acceptors (Lipinski definition) is 3. The number of amides is 1. The van der Waals surface area contributed by atoms with Crippen molar-refractivity contribution in [3.05, 3.63) is 29.8 Å². The van der Waals surface area contributed by atoms with Gasteiger partial charge in [-0.15, -0.1) is 0 Å². The SMILES string of the molecule is NCc1cccc(N2CCC(CC(N)=O)CC2)c1. The van der Waals surface area contributed by atoms with Crippen molar-refractivity contribution in [1.82, 2.24) is 0 Å². The summed E-state index contributed by atoms with van der Waals surface area (Å²) in [6.07, 6.45) is 2.60. The largest absolute Gasteiger partial charge is 0.372 e. The van der Waals surface area contributed by atoms with Gasteiger partial charge in [-0.3, -0.25) is 4.79 Å². The van der Waals surface area contributed by atoms with Crippen molar-refractivity contribution in [2.75, 3.05) is 18.0 Å². The minimum Gasteiger partial charge on any atom is -0.372 e. The molecule has 0 aliphatic carbocycles. The van der Waals surface area contributed by atoms with Gasteiger partial charge < -0.3 is 16.4 Å². The van der Waals surface area contributed by atoms with Crippen LogP contribution in [0.2, 0.25) is 0 Å². The van der Waals surface area contributed by atoms with E-state index in [0.717, 1.165) is 31.5 Å². The van der Waals surface area contributed by atoms with E-state index < -0.39 is 0 Å². The van der Waals surface area contributed by atoms with Gasteiger partial charge in [-0.1, -0.05) is 12.1 Å². The number of anilines is 1. The van der Waals surface area contributed by atoms with Crippen molar-refractivity contribution in [3.63, 3.8) is 0 Å². The summed E-state index contributed by atoms with van der Waals surface area (Å²) in [4.78, 5) is 13.3. The Morgan fingerprint density at radius 3 is 2.67 bits per heavy atom. The van der Waals surface area contributed by atoms with E-state index in [4.69, 9.17) is 11.5 Å². The fourth-order valence-corrected chi connectivity index (χ4v) is 2.56. The van der Waals surface area contributed by atoms with E-state index in [0.29, 0.717) is 18.9 Å². The number of rotatable bonds is 4. The number of primary amides is 1. The minimum absolute atomic E-state index is 0.182. The minimum atomic E-state index is -0.182. The molecule has 98 valence electrons. The topological polar surface area (TPSA) is 72.3 Å². The first-order valence-corrected chi connectivity index (χ1v) is 6.51. The van der Waals surface area contributed by atoms with Crippen LogP contribution in [-0.4, -0.2) is 19.0 Å². The lowest BCUT2D eigenvalue weighted by molar-refractivity contribution is -0.119. The molecule has 1 aromatic rings. The maximum absolute atomic E-state index is 10.9. The zero-order valence-corrected chi connectivity index (χ0v) is 10.6. The highest BCUT2D eigenvalue weighted by Crippen LogP contribution is 2.25. The van der Waals surface area contributed by atoms with Gasteiger partial charge in [0.2, 0.25) is 5.91 Å². The van der Waals surface area contributed by atoms with Gasteiger partial charge in [-0.2, -0.15) is 0 Å². The van der Waals surface area contributed by atoms with Crippen molar-refractivity contribution < 1.29 is 4.79 Å². The zero-order chi connectivity index (χ0) is 13.0. The van der Waals surface area contributed by atoms with Crippen LogP contribution in [0.25, 0.3) is 0 Å². The molecule has 0 aromatic heterocycles. The lowest BCUT2D eigenvalue weighted by atomic mass is 9.93. The molecule has 0 spiro atoms. The Kier molecular flexibility index (Phi) is 4.20. The first kappa shape index (κ1) is 12.9. The molecule has 4 nitrogen and oxygen atoms in total. The van der Waals surface area contributed by atoms with E-state index in [1.165, 1.54) is 5.69 Å². The molecule has 1 aliphatic heterocycles. The van der Waals surface area contributed by atoms with Crippen LogP contribution >= 0.6 is 0 Å². The highest BCUT2D eigenvalue weighted by Gasteiger charge is 2.20. The van der Waals surface area contributed by atoms with Gasteiger partial charge >= 0.3 is 0 Å². The number of hydrogen-bond donors (Lipinski definition) is 2. The van der Waals surface area contributed by atoms with E-state index in [-0.39, 0.29) is 5.91 Å². The first-order chi connectivity index (χ1) is 8.69. The molecule has 1 heterocycles. The number of carbonyl (C=O) groups excluding carboxylic acids is 1. The molecule has 0 saturated carbocycles. The molecule has 4 N–H and O–H groups in total. The highest BCUT2D eigenvalue weighted by atomic mass is 16.1. The summed E-state index contributed by atoms with van der Waals surface area (Å²) in [6, 6.07) is 8.36. The number of benzene rings is 1. The normalized spacial score (nSPS) is 16.8. The molecule has 0 radical (unpaired) electrons. The van der Waals surface area contributed by atoms with Crippen LogP contribution < -0.4 is 16.4 Å². The van der Waals surface area contributed by atoms with E-state index >= 15 is 0 Å². The molecule has 0 unspecified atom stereocenters. The smallest absolute Gasteiger partial charge is 0.217 e. The van der Waals surface area contributed by atoms with E-state index in [1.54, 1.807) is 0 Å². The van der Waals surface area contributed by atoms with Gasteiger partial charge in [0, 0.05) is 31.7 Å². The highest BCUT2D eigenvalue weighted by molar-refractivity contribution is 5.74. The van der Waals surface area contributed by atoms with Crippen LogP contribution in [0.15, 0.2) is 24.3 Å². The predicted octanol–water partition coefficient (Wildman–Crippen LogP) is 1.24. The van der Waals surface area contributed by atoms with Crippen molar-refractivity contribution in [1.29, 1.82) is 0 Å². The lowest BCUT2D eigenvalue weighted by Gasteiger charge is -2.33. The Morgan fingerprint density at radius 2 is 2.06 bits per heavy atom. The number of carbonyl (C=O) groups is 1. The molecule has 18 heavy (non-hydrogen) atoms. The Bertz CT molecular complexity index is 411. The Balaban J connectivity index is 1.94. The maximum atomic E-state index is 10.9. The standard InChI is InChI=1S/C14H21N3O/c15-10-12-2-1-3-13(8-12)17-6-4-11(5-7-17)9-14(16)18/h1-3,8,11H,4-7,9-10,15H2,(H2,16,18). The quantitative estimate of drug-likeness (QED) is 0.840. The predicted molar refractivity (Wildman–Crippen MR) is 73.1 cm³/mol. The Morgan fingerprint density at radius 1 is 1.33 bits per heavy atom. The molecule has 0 bridgehead atoms. The van der Waals surface area contributed by atoms with Crippen molar-refractivity contribution in [3.8, 4) is 0 Å². The average Bonchev–Trinajstić information content (AvgIpc) is 2.39. The first-order valence-electron chi connectivity index (χ1n) is 6.51. The van der Waals surface area contributed by atoms with Crippen molar-refractivity contribution >= 4 is 11.6 Å². The third kappa shape index (κ3) is 3.23. The summed E-state index contributed by atoms with van der Waals surface area (Å²) in [7, 11) is 0. The molecule has 1 fully saturated rings. The Hall–Kier alpha value is -1.55. The van der Waals surface area contributed by atoms with Crippen LogP contribution in [0, 0.1) is 5.92 Å². The average molecular weight is 247 g/mol. The maximum Gasteiger partial charge on any atom is 0.217 e. The second kappa shape index (κ2) is 5.87. The van der Waals surface area contributed by atoms with E-state index in [9.17, 15) is 4.79 Å². The van der Waals surface area contributed by atoms with E-state index in [1.807, 2.05) is 12.1 Å². The van der Waals surface area contributed by atoms with Crippen LogP contribution in [-0.2, 0) is 11.3 Å². The second-order valence-corrected chi connectivity index (χ2v) is 4.97. The summed E-state index contributed by atoms with van der Waals surface area (Å²) in [5.74, 6) is 0.273. The van der Waals surface area contributed by atoms with E-state index in [2.05, 4.69) is 17.0 Å². The lowest BCUT2D eigenvalue weighted by Crippen LogP contribution is -2.35. The Labute approximate surface area is 108 Å². The third-order valence-electron chi connectivity index (χ3n) is 3.62. The third-order valence-corrected chi connectivity index (χ3v) is 3.62. The van der Waals surface area contributed by atoms with Crippen molar-refractivity contribution in [2.24, 2.45) is 17.4 Å². The molecule has 1 amide bonds. The summed E-state index contributed by atoms with van der Waals surface area (Å²) in [6.45, 7) is 2.56. The summed E-state index contributed by atoms with van der Waals surface area (Å²) in [5.41, 5.74) is 13.3.